The summed E-state index contributed by atoms with van der Waals surface area (Å²) in [6.07, 6.45) is 13.1. The standard InChI is InChI=1S/C12H19I/c13-12(11-8-4-5-9-11)10-6-2-1-3-7-10/h10H,1-9H2. The van der Waals surface area contributed by atoms with Crippen molar-refractivity contribution in [2.24, 2.45) is 5.92 Å². The highest BCUT2D eigenvalue weighted by Gasteiger charge is 2.20. The minimum absolute atomic E-state index is 0.961. The number of hydrogen-bond acceptors (Lipinski definition) is 0. The third-order valence-electron chi connectivity index (χ3n) is 3.51. The molecule has 0 nitrogen and oxygen atoms in total. The Hall–Kier alpha value is 0.470. The molecule has 13 heavy (non-hydrogen) atoms. The van der Waals surface area contributed by atoms with Crippen molar-refractivity contribution in [2.75, 3.05) is 0 Å². The molecule has 0 radical (unpaired) electrons. The van der Waals surface area contributed by atoms with Crippen LogP contribution in [0.3, 0.4) is 0 Å². The highest BCUT2D eigenvalue weighted by atomic mass is 127. The van der Waals surface area contributed by atoms with Gasteiger partial charge in [0.05, 0.1) is 0 Å². The first-order valence-electron chi connectivity index (χ1n) is 5.75. The molecule has 1 heteroatoms. The van der Waals surface area contributed by atoms with Crippen LogP contribution < -0.4 is 0 Å². The predicted molar refractivity (Wildman–Crippen MR) is 66.1 cm³/mol. The van der Waals surface area contributed by atoms with Crippen LogP contribution in [0.25, 0.3) is 0 Å². The molecule has 0 unspecified atom stereocenters. The van der Waals surface area contributed by atoms with Crippen molar-refractivity contribution in [3.8, 4) is 0 Å². The van der Waals surface area contributed by atoms with E-state index < -0.39 is 0 Å². The van der Waals surface area contributed by atoms with E-state index in [0.717, 1.165) is 5.92 Å². The third-order valence-corrected chi connectivity index (χ3v) is 5.15. The lowest BCUT2D eigenvalue weighted by Gasteiger charge is -2.22. The fourth-order valence-electron chi connectivity index (χ4n) is 2.69. The Morgan fingerprint density at radius 2 is 1.54 bits per heavy atom. The van der Waals surface area contributed by atoms with E-state index in [0.29, 0.717) is 0 Å². The van der Waals surface area contributed by atoms with Gasteiger partial charge in [0.1, 0.15) is 0 Å². The van der Waals surface area contributed by atoms with Crippen molar-refractivity contribution in [1.29, 1.82) is 0 Å². The molecular weight excluding hydrogens is 271 g/mol. The van der Waals surface area contributed by atoms with Crippen molar-refractivity contribution < 1.29 is 0 Å². The van der Waals surface area contributed by atoms with Gasteiger partial charge in [-0.25, -0.2) is 0 Å². The topological polar surface area (TPSA) is 0 Å². The lowest BCUT2D eigenvalue weighted by atomic mass is 9.87. The van der Waals surface area contributed by atoms with Gasteiger partial charge in [-0.1, -0.05) is 24.8 Å². The monoisotopic (exact) mass is 290 g/mol. The smallest absolute Gasteiger partial charge is 0.00710 e. The molecule has 0 spiro atoms. The fraction of sp³-hybridized carbons (Fsp3) is 0.833. The molecule has 2 aliphatic rings. The maximum Gasteiger partial charge on any atom is -0.00710 e. The van der Waals surface area contributed by atoms with E-state index in [9.17, 15) is 0 Å². The molecule has 0 heterocycles. The molecule has 0 N–H and O–H groups in total. The molecular formula is C12H19I. The summed E-state index contributed by atoms with van der Waals surface area (Å²) in [6, 6.07) is 0. The van der Waals surface area contributed by atoms with Crippen LogP contribution in [0.15, 0.2) is 9.15 Å². The summed E-state index contributed by atoms with van der Waals surface area (Å²) in [5.74, 6) is 0.961. The van der Waals surface area contributed by atoms with Crippen LogP contribution in [0.5, 0.6) is 0 Å². The van der Waals surface area contributed by atoms with Crippen LogP contribution in [-0.4, -0.2) is 0 Å². The highest BCUT2D eigenvalue weighted by Crippen LogP contribution is 2.39. The Bertz CT molecular complexity index is 191. The summed E-state index contributed by atoms with van der Waals surface area (Å²) in [5, 5.41) is 0. The zero-order valence-corrected chi connectivity index (χ0v) is 10.5. The van der Waals surface area contributed by atoms with Crippen molar-refractivity contribution in [3.63, 3.8) is 0 Å². The minimum atomic E-state index is 0.961. The highest BCUT2D eigenvalue weighted by molar-refractivity contribution is 14.1. The molecule has 0 amide bonds. The molecule has 0 aromatic rings. The number of hydrogen-bond donors (Lipinski definition) is 0. The second kappa shape index (κ2) is 4.81. The number of halogens is 1. The molecule has 0 saturated heterocycles. The quantitative estimate of drug-likeness (QED) is 0.607. The van der Waals surface area contributed by atoms with Crippen molar-refractivity contribution in [1.82, 2.24) is 0 Å². The van der Waals surface area contributed by atoms with Gasteiger partial charge in [-0.3, -0.25) is 0 Å². The average Bonchev–Trinajstić information content (AvgIpc) is 2.71. The maximum absolute atomic E-state index is 2.64. The van der Waals surface area contributed by atoms with Gasteiger partial charge in [0, 0.05) is 0 Å². The lowest BCUT2D eigenvalue weighted by molar-refractivity contribution is 0.415. The van der Waals surface area contributed by atoms with E-state index in [1.165, 1.54) is 57.8 Å². The van der Waals surface area contributed by atoms with Crippen molar-refractivity contribution >= 4 is 22.6 Å². The zero-order valence-electron chi connectivity index (χ0n) is 8.32. The molecule has 2 saturated carbocycles. The van der Waals surface area contributed by atoms with Gasteiger partial charge in [-0.15, -0.1) is 0 Å². The van der Waals surface area contributed by atoms with Gasteiger partial charge >= 0.3 is 0 Å². The number of rotatable bonds is 1. The molecule has 2 fully saturated rings. The van der Waals surface area contributed by atoms with Crippen LogP contribution in [0.1, 0.15) is 57.8 Å². The largest absolute Gasteiger partial charge is 0.0607 e. The Morgan fingerprint density at radius 1 is 0.923 bits per heavy atom. The van der Waals surface area contributed by atoms with E-state index in [4.69, 9.17) is 0 Å². The van der Waals surface area contributed by atoms with Gasteiger partial charge in [-0.2, -0.15) is 0 Å². The first-order valence-corrected chi connectivity index (χ1v) is 6.83. The van der Waals surface area contributed by atoms with Crippen LogP contribution in [0, 0.1) is 5.92 Å². The van der Waals surface area contributed by atoms with E-state index >= 15 is 0 Å². The molecule has 0 aromatic heterocycles. The Morgan fingerprint density at radius 3 is 2.15 bits per heavy atom. The van der Waals surface area contributed by atoms with Gasteiger partial charge in [0.2, 0.25) is 0 Å². The summed E-state index contributed by atoms with van der Waals surface area (Å²) < 4.78 is 1.76. The zero-order chi connectivity index (χ0) is 9.10. The van der Waals surface area contributed by atoms with Gasteiger partial charge in [0.15, 0.2) is 0 Å². The SMILES string of the molecule is IC(=C1CCCC1)C1CCCCC1. The second-order valence-electron chi connectivity index (χ2n) is 4.49. The van der Waals surface area contributed by atoms with E-state index in [-0.39, 0.29) is 0 Å². The Balaban J connectivity index is 2.00. The molecule has 0 atom stereocenters. The summed E-state index contributed by atoms with van der Waals surface area (Å²) in [5.41, 5.74) is 1.81. The van der Waals surface area contributed by atoms with Gasteiger partial charge < -0.3 is 0 Å². The van der Waals surface area contributed by atoms with Crippen LogP contribution in [0.4, 0.5) is 0 Å². The van der Waals surface area contributed by atoms with Crippen LogP contribution in [0.2, 0.25) is 0 Å². The molecule has 0 aliphatic heterocycles. The summed E-state index contributed by atoms with van der Waals surface area (Å²) in [4.78, 5) is 0. The van der Waals surface area contributed by atoms with E-state index in [1.807, 2.05) is 5.57 Å². The summed E-state index contributed by atoms with van der Waals surface area (Å²) >= 11 is 2.64. The molecule has 2 aliphatic carbocycles. The van der Waals surface area contributed by atoms with E-state index in [1.54, 1.807) is 3.58 Å². The average molecular weight is 290 g/mol. The normalized spacial score (nSPS) is 25.2. The van der Waals surface area contributed by atoms with Crippen molar-refractivity contribution in [2.45, 2.75) is 57.8 Å². The van der Waals surface area contributed by atoms with E-state index in [2.05, 4.69) is 22.6 Å². The first kappa shape index (κ1) is 10.0. The van der Waals surface area contributed by atoms with Crippen LogP contribution in [-0.2, 0) is 0 Å². The first-order chi connectivity index (χ1) is 6.38. The molecule has 2 rings (SSSR count). The fourth-order valence-corrected chi connectivity index (χ4v) is 3.85. The number of allylic oxidation sites excluding steroid dienone is 2. The maximum atomic E-state index is 2.64. The summed E-state index contributed by atoms with van der Waals surface area (Å²) in [6.45, 7) is 0. The van der Waals surface area contributed by atoms with Crippen molar-refractivity contribution in [3.05, 3.63) is 9.15 Å². The van der Waals surface area contributed by atoms with Gasteiger partial charge in [-0.05, 0) is 70.6 Å². The van der Waals surface area contributed by atoms with Gasteiger partial charge in [0.25, 0.3) is 0 Å². The molecule has 0 aromatic carbocycles. The Kier molecular flexibility index (Phi) is 3.70. The molecule has 0 bridgehead atoms. The second-order valence-corrected chi connectivity index (χ2v) is 5.66. The predicted octanol–water partition coefficient (Wildman–Crippen LogP) is 4.83. The Labute approximate surface area is 95.3 Å². The summed E-state index contributed by atoms with van der Waals surface area (Å²) in [7, 11) is 0. The van der Waals surface area contributed by atoms with Crippen LogP contribution >= 0.6 is 22.6 Å². The minimum Gasteiger partial charge on any atom is -0.0607 e. The molecule has 74 valence electrons. The lowest BCUT2D eigenvalue weighted by Crippen LogP contribution is -2.07. The third kappa shape index (κ3) is 2.48.